The Balaban J connectivity index is 1.66. The molecule has 0 N–H and O–H groups in total. The van der Waals surface area contributed by atoms with Crippen molar-refractivity contribution in [3.63, 3.8) is 0 Å². The molecular formula is C17H16FN5O. The van der Waals surface area contributed by atoms with Gasteiger partial charge in [-0.15, -0.1) is 5.10 Å². The number of nitrogens with zero attached hydrogens (tertiary/aromatic N) is 5. The number of amides is 1. The molecule has 6 nitrogen and oxygen atoms in total. The predicted octanol–water partition coefficient (Wildman–Crippen LogP) is 2.63. The first kappa shape index (κ1) is 14.7. The maximum atomic E-state index is 13.2. The maximum absolute atomic E-state index is 13.2. The monoisotopic (exact) mass is 325 g/mol. The molecule has 3 aromatic rings. The molecule has 1 fully saturated rings. The largest absolute Gasteiger partial charge is 0.332 e. The Kier molecular flexibility index (Phi) is 3.68. The Morgan fingerprint density at radius 3 is 2.83 bits per heavy atom. The smallest absolute Gasteiger partial charge is 0.254 e. The standard InChI is InChI=1S/C17H16FN5O/c18-14-6-4-12(5-7-14)15-3-1-2-9-22(15)17(24)13-8-10-23-16(11-13)19-20-21-23/h4-8,10-11,15H,1-3,9H2. The molecule has 1 atom stereocenters. The predicted molar refractivity (Wildman–Crippen MR) is 84.8 cm³/mol. The van der Waals surface area contributed by atoms with E-state index < -0.39 is 0 Å². The van der Waals surface area contributed by atoms with Gasteiger partial charge in [0.15, 0.2) is 5.65 Å². The zero-order valence-electron chi connectivity index (χ0n) is 13.0. The van der Waals surface area contributed by atoms with Crippen molar-refractivity contribution in [2.45, 2.75) is 25.3 Å². The molecular weight excluding hydrogens is 309 g/mol. The number of carbonyl (C=O) groups excluding carboxylic acids is 1. The fraction of sp³-hybridized carbons (Fsp3) is 0.294. The van der Waals surface area contributed by atoms with Crippen molar-refractivity contribution in [1.29, 1.82) is 0 Å². The summed E-state index contributed by atoms with van der Waals surface area (Å²) in [6.45, 7) is 0.691. The number of carbonyl (C=O) groups is 1. The van der Waals surface area contributed by atoms with Crippen LogP contribution in [0, 0.1) is 5.82 Å². The van der Waals surface area contributed by atoms with E-state index in [9.17, 15) is 9.18 Å². The van der Waals surface area contributed by atoms with Crippen LogP contribution in [0.5, 0.6) is 0 Å². The normalized spacial score (nSPS) is 18.0. The van der Waals surface area contributed by atoms with Gasteiger partial charge in [-0.1, -0.05) is 12.1 Å². The molecule has 1 aliphatic rings. The van der Waals surface area contributed by atoms with Gasteiger partial charge in [0.1, 0.15) is 5.82 Å². The molecule has 2 aromatic heterocycles. The lowest BCUT2D eigenvalue weighted by molar-refractivity contribution is 0.0611. The van der Waals surface area contributed by atoms with Gasteiger partial charge < -0.3 is 4.90 Å². The van der Waals surface area contributed by atoms with Crippen molar-refractivity contribution in [2.75, 3.05) is 6.54 Å². The first-order valence-corrected chi connectivity index (χ1v) is 7.96. The highest BCUT2D eigenvalue weighted by molar-refractivity contribution is 5.95. The molecule has 1 aromatic carbocycles. The third-order valence-corrected chi connectivity index (χ3v) is 4.46. The Morgan fingerprint density at radius 1 is 1.17 bits per heavy atom. The van der Waals surface area contributed by atoms with Gasteiger partial charge in [-0.25, -0.2) is 8.91 Å². The number of hydrogen-bond acceptors (Lipinski definition) is 4. The topological polar surface area (TPSA) is 63.4 Å². The van der Waals surface area contributed by atoms with Gasteiger partial charge in [0.2, 0.25) is 0 Å². The third-order valence-electron chi connectivity index (χ3n) is 4.46. The molecule has 4 rings (SSSR count). The van der Waals surface area contributed by atoms with E-state index in [4.69, 9.17) is 0 Å². The number of pyridine rings is 1. The lowest BCUT2D eigenvalue weighted by Gasteiger charge is -2.36. The van der Waals surface area contributed by atoms with Gasteiger partial charge >= 0.3 is 0 Å². The molecule has 1 amide bonds. The summed E-state index contributed by atoms with van der Waals surface area (Å²) in [4.78, 5) is 14.9. The van der Waals surface area contributed by atoms with Crippen molar-refractivity contribution in [1.82, 2.24) is 24.9 Å². The SMILES string of the molecule is O=C(c1ccn2nnnc2c1)N1CCCCC1c1ccc(F)cc1. The van der Waals surface area contributed by atoms with Crippen LogP contribution in [-0.2, 0) is 0 Å². The second kappa shape index (κ2) is 5.99. The van der Waals surface area contributed by atoms with E-state index in [-0.39, 0.29) is 17.8 Å². The summed E-state index contributed by atoms with van der Waals surface area (Å²) in [7, 11) is 0. The number of halogens is 1. The second-order valence-corrected chi connectivity index (χ2v) is 5.96. The third kappa shape index (κ3) is 2.62. The minimum Gasteiger partial charge on any atom is -0.332 e. The maximum Gasteiger partial charge on any atom is 0.254 e. The molecule has 1 aliphatic heterocycles. The number of likely N-dealkylation sites (tertiary alicyclic amines) is 1. The van der Waals surface area contributed by atoms with Crippen LogP contribution < -0.4 is 0 Å². The molecule has 3 heterocycles. The van der Waals surface area contributed by atoms with Crippen LogP contribution in [0.4, 0.5) is 4.39 Å². The number of hydrogen-bond donors (Lipinski definition) is 0. The zero-order chi connectivity index (χ0) is 16.5. The van der Waals surface area contributed by atoms with Crippen LogP contribution in [0.3, 0.4) is 0 Å². The number of fused-ring (bicyclic) bond motifs is 1. The highest BCUT2D eigenvalue weighted by Gasteiger charge is 2.29. The summed E-state index contributed by atoms with van der Waals surface area (Å²) < 4.78 is 14.7. The molecule has 0 aliphatic carbocycles. The highest BCUT2D eigenvalue weighted by Crippen LogP contribution is 2.32. The summed E-state index contributed by atoms with van der Waals surface area (Å²) in [5.41, 5.74) is 2.07. The van der Waals surface area contributed by atoms with E-state index >= 15 is 0 Å². The quantitative estimate of drug-likeness (QED) is 0.726. The Hall–Kier alpha value is -2.83. The average Bonchev–Trinajstić information content (AvgIpc) is 3.09. The first-order valence-electron chi connectivity index (χ1n) is 7.96. The summed E-state index contributed by atoms with van der Waals surface area (Å²) >= 11 is 0. The van der Waals surface area contributed by atoms with E-state index in [1.54, 1.807) is 30.5 Å². The van der Waals surface area contributed by atoms with Crippen LogP contribution in [0.15, 0.2) is 42.6 Å². The zero-order valence-corrected chi connectivity index (χ0v) is 13.0. The Bertz CT molecular complexity index is 876. The summed E-state index contributed by atoms with van der Waals surface area (Å²) in [5, 5.41) is 11.3. The first-order chi connectivity index (χ1) is 11.7. The van der Waals surface area contributed by atoms with Crippen LogP contribution in [-0.4, -0.2) is 37.4 Å². The molecule has 0 bridgehead atoms. The van der Waals surface area contributed by atoms with Gasteiger partial charge in [0, 0.05) is 18.3 Å². The molecule has 0 radical (unpaired) electrons. The fourth-order valence-corrected chi connectivity index (χ4v) is 3.24. The Morgan fingerprint density at radius 2 is 2.00 bits per heavy atom. The van der Waals surface area contributed by atoms with Crippen LogP contribution >= 0.6 is 0 Å². The fourth-order valence-electron chi connectivity index (χ4n) is 3.24. The van der Waals surface area contributed by atoms with Gasteiger partial charge in [-0.05, 0) is 59.5 Å². The van der Waals surface area contributed by atoms with Crippen molar-refractivity contribution in [3.8, 4) is 0 Å². The van der Waals surface area contributed by atoms with E-state index in [0.29, 0.717) is 17.8 Å². The van der Waals surface area contributed by atoms with Crippen molar-refractivity contribution >= 4 is 11.6 Å². The number of piperidine rings is 1. The van der Waals surface area contributed by atoms with Gasteiger partial charge in [0.05, 0.1) is 6.04 Å². The minimum absolute atomic E-state index is 0.0286. The molecule has 0 saturated carbocycles. The summed E-state index contributed by atoms with van der Waals surface area (Å²) in [6.07, 6.45) is 4.59. The van der Waals surface area contributed by atoms with Crippen molar-refractivity contribution in [2.24, 2.45) is 0 Å². The Labute approximate surface area is 137 Å². The number of benzene rings is 1. The van der Waals surface area contributed by atoms with Gasteiger partial charge in [-0.2, -0.15) is 0 Å². The van der Waals surface area contributed by atoms with E-state index in [1.165, 1.54) is 16.6 Å². The second-order valence-electron chi connectivity index (χ2n) is 5.96. The molecule has 7 heteroatoms. The number of rotatable bonds is 2. The lowest BCUT2D eigenvalue weighted by atomic mass is 9.94. The molecule has 1 unspecified atom stereocenters. The molecule has 1 saturated heterocycles. The number of tetrazole rings is 1. The van der Waals surface area contributed by atoms with Crippen molar-refractivity contribution in [3.05, 3.63) is 59.5 Å². The molecule has 122 valence electrons. The number of aromatic nitrogens is 4. The van der Waals surface area contributed by atoms with Crippen molar-refractivity contribution < 1.29 is 9.18 Å². The van der Waals surface area contributed by atoms with Crippen LogP contribution in [0.25, 0.3) is 5.65 Å². The lowest BCUT2D eigenvalue weighted by Crippen LogP contribution is -2.38. The highest BCUT2D eigenvalue weighted by atomic mass is 19.1. The van der Waals surface area contributed by atoms with E-state index in [2.05, 4.69) is 15.5 Å². The molecule has 24 heavy (non-hydrogen) atoms. The van der Waals surface area contributed by atoms with Gasteiger partial charge in [-0.3, -0.25) is 4.79 Å². The summed E-state index contributed by atoms with van der Waals surface area (Å²) in [6, 6.07) is 9.80. The molecule has 0 spiro atoms. The van der Waals surface area contributed by atoms with Gasteiger partial charge in [0.25, 0.3) is 5.91 Å². The van der Waals surface area contributed by atoms with E-state index in [0.717, 1.165) is 24.8 Å². The van der Waals surface area contributed by atoms with Crippen LogP contribution in [0.2, 0.25) is 0 Å². The van der Waals surface area contributed by atoms with Crippen LogP contribution in [0.1, 0.15) is 41.2 Å². The van der Waals surface area contributed by atoms with E-state index in [1.807, 2.05) is 4.90 Å². The minimum atomic E-state index is -0.266. The summed E-state index contributed by atoms with van der Waals surface area (Å²) in [5.74, 6) is -0.313. The average molecular weight is 325 g/mol.